The number of carbonyl (C=O) groups excluding carboxylic acids is 1. The minimum Gasteiger partial charge on any atom is -0.724 e. The van der Waals surface area contributed by atoms with Crippen LogP contribution < -0.4 is 0 Å². The van der Waals surface area contributed by atoms with Crippen LogP contribution in [0.5, 0.6) is 0 Å². The summed E-state index contributed by atoms with van der Waals surface area (Å²) in [5, 5.41) is 17.5. The Balaban J connectivity index is 0.000000292. The maximum absolute atomic E-state index is 8.24. The molecule has 0 aliphatic rings. The highest BCUT2D eigenvalue weighted by Crippen LogP contribution is 1.86. The van der Waals surface area contributed by atoms with Gasteiger partial charge in [-0.25, -0.2) is 0 Å². The van der Waals surface area contributed by atoms with E-state index in [4.69, 9.17) is 10.2 Å². The Labute approximate surface area is 64.0 Å². The van der Waals surface area contributed by atoms with Crippen LogP contribution in [-0.4, -0.2) is 21.5 Å². The van der Waals surface area contributed by atoms with Crippen LogP contribution in [0.4, 0.5) is 0 Å². The van der Waals surface area contributed by atoms with Gasteiger partial charge in [0.2, 0.25) is 0 Å². The highest BCUT2D eigenvalue weighted by molar-refractivity contribution is 5.36. The number of rotatable bonds is 1. The second kappa shape index (κ2) is 6.51. The van der Waals surface area contributed by atoms with Crippen molar-refractivity contribution >= 4 is 6.08 Å². The predicted octanol–water partition coefficient (Wildman–Crippen LogP) is 0.326. The van der Waals surface area contributed by atoms with Gasteiger partial charge in [-0.3, -0.25) is 4.79 Å². The average Bonchev–Trinajstić information content (AvgIpc) is 2.08. The summed E-state index contributed by atoms with van der Waals surface area (Å²) >= 11 is 0. The van der Waals surface area contributed by atoms with E-state index in [0.29, 0.717) is 6.08 Å². The van der Waals surface area contributed by atoms with Gasteiger partial charge < -0.3 is 5.41 Å². The van der Waals surface area contributed by atoms with E-state index in [-0.39, 0.29) is 0 Å². The largest absolute Gasteiger partial charge is 0.724 e. The first-order valence-corrected chi connectivity index (χ1v) is 2.99. The first kappa shape index (κ1) is 9.39. The van der Waals surface area contributed by atoms with Crippen molar-refractivity contribution in [1.82, 2.24) is 15.4 Å². The van der Waals surface area contributed by atoms with Gasteiger partial charge in [0.1, 0.15) is 0 Å². The van der Waals surface area contributed by atoms with Gasteiger partial charge in [-0.05, 0) is 23.8 Å². The van der Waals surface area contributed by atoms with E-state index in [1.807, 2.05) is 13.0 Å². The third-order valence-electron chi connectivity index (χ3n) is 0.921. The lowest BCUT2D eigenvalue weighted by atomic mass is 10.3. The van der Waals surface area contributed by atoms with Gasteiger partial charge in [-0.15, -0.1) is 10.2 Å². The van der Waals surface area contributed by atoms with E-state index in [0.717, 1.165) is 12.1 Å². The summed E-state index contributed by atoms with van der Waals surface area (Å²) in [4.78, 5) is 8.24. The van der Waals surface area contributed by atoms with Crippen LogP contribution in [0.3, 0.4) is 0 Å². The van der Waals surface area contributed by atoms with Crippen molar-refractivity contribution in [2.75, 3.05) is 0 Å². The molecule has 0 bridgehead atoms. The zero-order valence-electron chi connectivity index (χ0n) is 6.06. The zero-order valence-corrected chi connectivity index (χ0v) is 6.06. The molecule has 0 spiro atoms. The Morgan fingerprint density at radius 3 is 2.64 bits per heavy atom. The normalized spacial score (nSPS) is 7.36. The molecule has 0 aliphatic heterocycles. The molecule has 0 saturated heterocycles. The molecule has 0 fully saturated rings. The van der Waals surface area contributed by atoms with Crippen molar-refractivity contribution in [3.05, 3.63) is 23.4 Å². The van der Waals surface area contributed by atoms with Crippen molar-refractivity contribution in [1.29, 1.82) is 0 Å². The number of isocyanates is 1. The third kappa shape index (κ3) is 4.87. The van der Waals surface area contributed by atoms with Gasteiger partial charge in [0.15, 0.2) is 0 Å². The maximum atomic E-state index is 8.24. The lowest BCUT2D eigenvalue weighted by Gasteiger charge is -1.86. The molecule has 1 rings (SSSR count). The molecule has 1 aromatic heterocycles. The smallest absolute Gasteiger partial charge is 0.0662 e. The van der Waals surface area contributed by atoms with E-state index >= 15 is 0 Å². The molecule has 0 radical (unpaired) electrons. The van der Waals surface area contributed by atoms with E-state index in [9.17, 15) is 0 Å². The van der Waals surface area contributed by atoms with E-state index in [1.54, 1.807) is 6.20 Å². The number of hydrogen-bond donors (Lipinski definition) is 0. The maximum Gasteiger partial charge on any atom is 0.0662 e. The van der Waals surface area contributed by atoms with Crippen molar-refractivity contribution in [2.45, 2.75) is 13.3 Å². The fraction of sp³-hybridized carbons (Fsp3) is 0.333. The van der Waals surface area contributed by atoms with Gasteiger partial charge >= 0.3 is 0 Å². The number of aromatic nitrogens is 3. The van der Waals surface area contributed by atoms with Crippen molar-refractivity contribution in [3.8, 4) is 0 Å². The quantitative estimate of drug-likeness (QED) is 0.428. The van der Waals surface area contributed by atoms with Crippen LogP contribution in [0.1, 0.15) is 12.6 Å². The summed E-state index contributed by atoms with van der Waals surface area (Å²) < 4.78 is 0. The van der Waals surface area contributed by atoms with Gasteiger partial charge in [0.25, 0.3) is 0 Å². The molecule has 0 N–H and O–H groups in total. The fourth-order valence-corrected chi connectivity index (χ4v) is 0.454. The Hall–Kier alpha value is -1.61. The second-order valence-corrected chi connectivity index (χ2v) is 1.56. The molecule has 0 aromatic carbocycles. The Morgan fingerprint density at radius 2 is 2.36 bits per heavy atom. The lowest BCUT2D eigenvalue weighted by molar-refractivity contribution is 0.569. The average molecular weight is 151 g/mol. The van der Waals surface area contributed by atoms with Crippen LogP contribution in [0.2, 0.25) is 0 Å². The van der Waals surface area contributed by atoms with Crippen molar-refractivity contribution in [3.63, 3.8) is 0 Å². The van der Waals surface area contributed by atoms with Crippen molar-refractivity contribution < 1.29 is 4.79 Å². The number of nitrogens with zero attached hydrogens (tertiary/aromatic N) is 4. The molecule has 0 amide bonds. The predicted molar refractivity (Wildman–Crippen MR) is 38.3 cm³/mol. The molecular weight excluding hydrogens is 144 g/mol. The summed E-state index contributed by atoms with van der Waals surface area (Å²) in [6.07, 6.45) is 3.07. The number of aryl methyl sites for hydroxylation is 1. The summed E-state index contributed by atoms with van der Waals surface area (Å²) in [7, 11) is 0. The highest BCUT2D eigenvalue weighted by atomic mass is 16.1. The Morgan fingerprint density at radius 1 is 1.73 bits per heavy atom. The molecule has 58 valence electrons. The van der Waals surface area contributed by atoms with E-state index in [1.165, 1.54) is 0 Å². The highest BCUT2D eigenvalue weighted by Gasteiger charge is 1.84. The first-order valence-electron chi connectivity index (χ1n) is 2.99. The Bertz CT molecular complexity index is 217. The molecule has 1 aromatic rings. The monoisotopic (exact) mass is 151 g/mol. The molecule has 0 aliphatic carbocycles. The van der Waals surface area contributed by atoms with Crippen LogP contribution >= 0.6 is 0 Å². The second-order valence-electron chi connectivity index (χ2n) is 1.56. The van der Waals surface area contributed by atoms with Crippen LogP contribution in [0.15, 0.2) is 12.3 Å². The molecule has 0 atom stereocenters. The van der Waals surface area contributed by atoms with E-state index < -0.39 is 0 Å². The van der Waals surface area contributed by atoms with Crippen LogP contribution in [0.25, 0.3) is 5.41 Å². The molecule has 11 heavy (non-hydrogen) atoms. The molecular formula is C6H7N4O-. The standard InChI is InChI=1S/C5H7N3.CNO/c1-2-5-3-4-6-8-7-5;2-1-3/h3-4H,2H2,1H3;/q;-1. The van der Waals surface area contributed by atoms with E-state index in [2.05, 4.69) is 15.4 Å². The molecule has 1 heterocycles. The van der Waals surface area contributed by atoms with Gasteiger partial charge in [-0.2, -0.15) is 0 Å². The minimum atomic E-state index is 0.500. The van der Waals surface area contributed by atoms with Crippen molar-refractivity contribution in [2.24, 2.45) is 0 Å². The zero-order chi connectivity index (χ0) is 8.53. The Kier molecular flexibility index (Phi) is 5.56. The fourth-order valence-electron chi connectivity index (χ4n) is 0.454. The molecule has 0 unspecified atom stereocenters. The van der Waals surface area contributed by atoms with Crippen LogP contribution in [-0.2, 0) is 11.2 Å². The van der Waals surface area contributed by atoms with Gasteiger partial charge in [0, 0.05) is 0 Å². The summed E-state index contributed by atoms with van der Waals surface area (Å²) in [6.45, 7) is 2.03. The SMILES string of the molecule is CCc1ccnnn1.[N-]=C=O. The minimum absolute atomic E-state index is 0.500. The topological polar surface area (TPSA) is 78.0 Å². The molecule has 5 heteroatoms. The van der Waals surface area contributed by atoms with Crippen LogP contribution in [0, 0.1) is 0 Å². The van der Waals surface area contributed by atoms with Gasteiger partial charge in [-0.1, -0.05) is 6.92 Å². The molecule has 0 saturated carbocycles. The molecule has 5 nitrogen and oxygen atoms in total. The summed E-state index contributed by atoms with van der Waals surface area (Å²) in [5.74, 6) is 0. The third-order valence-corrected chi connectivity index (χ3v) is 0.921. The van der Waals surface area contributed by atoms with Gasteiger partial charge in [0.05, 0.1) is 11.9 Å². The number of hydrogen-bond acceptors (Lipinski definition) is 4. The first-order chi connectivity index (χ1) is 5.35. The summed E-state index contributed by atoms with van der Waals surface area (Å²) in [5.41, 5.74) is 0.986. The lowest BCUT2D eigenvalue weighted by Crippen LogP contribution is -1.90. The summed E-state index contributed by atoms with van der Waals surface area (Å²) in [6, 6.07) is 1.85.